The van der Waals surface area contributed by atoms with E-state index in [4.69, 9.17) is 23.2 Å². The van der Waals surface area contributed by atoms with E-state index in [0.717, 1.165) is 0 Å². The third kappa shape index (κ3) is 2.86. The first-order valence-corrected chi connectivity index (χ1v) is 4.11. The standard InChI is InChI=1S/C8H5Cl2FO2/c9-5-1-2-7(6(10)3-5)13-8(12)4-11/h1-3H,4H2. The number of benzene rings is 1. The fraction of sp³-hybridized carbons (Fsp3) is 0.125. The summed E-state index contributed by atoms with van der Waals surface area (Å²) in [6.07, 6.45) is 0. The fourth-order valence-corrected chi connectivity index (χ4v) is 1.15. The Hall–Kier alpha value is -0.800. The number of hydrogen-bond acceptors (Lipinski definition) is 2. The number of carbonyl (C=O) groups is 1. The predicted octanol–water partition coefficient (Wildman–Crippen LogP) is 2.87. The van der Waals surface area contributed by atoms with Crippen molar-refractivity contribution in [2.45, 2.75) is 0 Å². The molecule has 0 aliphatic rings. The lowest BCUT2D eigenvalue weighted by molar-refractivity contribution is -0.135. The van der Waals surface area contributed by atoms with Crippen LogP contribution in [0.25, 0.3) is 0 Å². The molecular weight excluding hydrogens is 218 g/mol. The van der Waals surface area contributed by atoms with Gasteiger partial charge in [-0.25, -0.2) is 9.18 Å². The van der Waals surface area contributed by atoms with Gasteiger partial charge in [-0.1, -0.05) is 23.2 Å². The van der Waals surface area contributed by atoms with Crippen LogP contribution in [0.2, 0.25) is 10.0 Å². The van der Waals surface area contributed by atoms with E-state index < -0.39 is 12.6 Å². The molecular formula is C8H5Cl2FO2. The molecule has 70 valence electrons. The average molecular weight is 223 g/mol. The normalized spacial score (nSPS) is 9.77. The number of esters is 1. The Kier molecular flexibility index (Phi) is 3.51. The van der Waals surface area contributed by atoms with Crippen LogP contribution in [0.15, 0.2) is 18.2 Å². The van der Waals surface area contributed by atoms with Crippen molar-refractivity contribution in [1.82, 2.24) is 0 Å². The van der Waals surface area contributed by atoms with E-state index >= 15 is 0 Å². The second-order valence-corrected chi connectivity index (χ2v) is 3.03. The molecule has 13 heavy (non-hydrogen) atoms. The molecule has 0 spiro atoms. The monoisotopic (exact) mass is 222 g/mol. The van der Waals surface area contributed by atoms with E-state index in [1.54, 1.807) is 0 Å². The maximum Gasteiger partial charge on any atom is 0.342 e. The van der Waals surface area contributed by atoms with Gasteiger partial charge >= 0.3 is 5.97 Å². The Balaban J connectivity index is 2.83. The molecule has 0 N–H and O–H groups in total. The largest absolute Gasteiger partial charge is 0.423 e. The van der Waals surface area contributed by atoms with Crippen molar-refractivity contribution < 1.29 is 13.9 Å². The first kappa shape index (κ1) is 10.3. The van der Waals surface area contributed by atoms with Crippen molar-refractivity contribution in [3.63, 3.8) is 0 Å². The molecule has 0 heterocycles. The van der Waals surface area contributed by atoms with Crippen LogP contribution in [0.1, 0.15) is 0 Å². The van der Waals surface area contributed by atoms with Gasteiger partial charge < -0.3 is 4.74 Å². The first-order chi connectivity index (χ1) is 6.13. The second kappa shape index (κ2) is 4.44. The summed E-state index contributed by atoms with van der Waals surface area (Å²) >= 11 is 11.2. The summed E-state index contributed by atoms with van der Waals surface area (Å²) in [7, 11) is 0. The highest BCUT2D eigenvalue weighted by Gasteiger charge is 2.07. The van der Waals surface area contributed by atoms with Crippen LogP contribution in [0.3, 0.4) is 0 Å². The van der Waals surface area contributed by atoms with Gasteiger partial charge in [0.2, 0.25) is 0 Å². The molecule has 0 saturated carbocycles. The lowest BCUT2D eigenvalue weighted by Crippen LogP contribution is -2.09. The molecule has 0 saturated heterocycles. The molecule has 1 aromatic rings. The van der Waals surface area contributed by atoms with Gasteiger partial charge in [-0.15, -0.1) is 0 Å². The Labute approximate surface area is 84.2 Å². The molecule has 1 rings (SSSR count). The zero-order chi connectivity index (χ0) is 9.84. The predicted molar refractivity (Wildman–Crippen MR) is 48.1 cm³/mol. The Morgan fingerprint density at radius 1 is 1.46 bits per heavy atom. The van der Waals surface area contributed by atoms with Gasteiger partial charge in [0, 0.05) is 5.02 Å². The number of rotatable bonds is 2. The summed E-state index contributed by atoms with van der Waals surface area (Å²) in [5, 5.41) is 0.597. The van der Waals surface area contributed by atoms with Crippen LogP contribution in [-0.4, -0.2) is 12.6 Å². The number of halogens is 3. The van der Waals surface area contributed by atoms with Crippen molar-refractivity contribution in [2.75, 3.05) is 6.67 Å². The van der Waals surface area contributed by atoms with Crippen LogP contribution in [0.4, 0.5) is 4.39 Å². The van der Waals surface area contributed by atoms with Crippen molar-refractivity contribution in [1.29, 1.82) is 0 Å². The number of alkyl halides is 1. The zero-order valence-electron chi connectivity index (χ0n) is 6.39. The van der Waals surface area contributed by atoms with Crippen molar-refractivity contribution >= 4 is 29.2 Å². The fourth-order valence-electron chi connectivity index (χ4n) is 0.708. The third-order valence-corrected chi connectivity index (χ3v) is 1.76. The van der Waals surface area contributed by atoms with Crippen LogP contribution in [0, 0.1) is 0 Å². The highest BCUT2D eigenvalue weighted by molar-refractivity contribution is 6.35. The SMILES string of the molecule is O=C(CF)Oc1ccc(Cl)cc1Cl. The summed E-state index contributed by atoms with van der Waals surface area (Å²) in [6, 6.07) is 4.30. The molecule has 1 aromatic carbocycles. The smallest absolute Gasteiger partial charge is 0.342 e. The maximum atomic E-state index is 11.7. The van der Waals surface area contributed by atoms with Crippen LogP contribution in [0.5, 0.6) is 5.75 Å². The number of ether oxygens (including phenoxy) is 1. The van der Waals surface area contributed by atoms with E-state index in [2.05, 4.69) is 4.74 Å². The summed E-state index contributed by atoms with van der Waals surface area (Å²) in [4.78, 5) is 10.5. The molecule has 0 aromatic heterocycles. The van der Waals surface area contributed by atoms with Crippen LogP contribution in [-0.2, 0) is 4.79 Å². The molecule has 0 fully saturated rings. The van der Waals surface area contributed by atoms with E-state index in [-0.39, 0.29) is 10.8 Å². The lowest BCUT2D eigenvalue weighted by Gasteiger charge is -2.03. The van der Waals surface area contributed by atoms with Gasteiger partial charge in [0.1, 0.15) is 5.75 Å². The Morgan fingerprint density at radius 2 is 2.15 bits per heavy atom. The van der Waals surface area contributed by atoms with Crippen molar-refractivity contribution in [2.24, 2.45) is 0 Å². The number of hydrogen-bond donors (Lipinski definition) is 0. The van der Waals surface area contributed by atoms with E-state index in [1.807, 2.05) is 0 Å². The van der Waals surface area contributed by atoms with Gasteiger partial charge in [-0.05, 0) is 18.2 Å². The van der Waals surface area contributed by atoms with E-state index in [9.17, 15) is 9.18 Å². The molecule has 2 nitrogen and oxygen atoms in total. The topological polar surface area (TPSA) is 26.3 Å². The minimum absolute atomic E-state index is 0.105. The maximum absolute atomic E-state index is 11.7. The molecule has 0 aliphatic carbocycles. The molecule has 0 radical (unpaired) electrons. The quantitative estimate of drug-likeness (QED) is 0.569. The number of carbonyl (C=O) groups excluding carboxylic acids is 1. The summed E-state index contributed by atoms with van der Waals surface area (Å²) in [5.74, 6) is -0.877. The van der Waals surface area contributed by atoms with Gasteiger partial charge in [0.15, 0.2) is 6.67 Å². The molecule has 0 unspecified atom stereocenters. The van der Waals surface area contributed by atoms with E-state index in [1.165, 1.54) is 18.2 Å². The first-order valence-electron chi connectivity index (χ1n) is 3.35. The molecule has 5 heteroatoms. The summed E-state index contributed by atoms with van der Waals surface area (Å²) in [6.45, 7) is -1.18. The Bertz CT molecular complexity index is 328. The van der Waals surface area contributed by atoms with Crippen molar-refractivity contribution in [3.05, 3.63) is 28.2 Å². The molecule has 0 amide bonds. The van der Waals surface area contributed by atoms with E-state index in [0.29, 0.717) is 5.02 Å². The highest BCUT2D eigenvalue weighted by Crippen LogP contribution is 2.27. The summed E-state index contributed by atoms with van der Waals surface area (Å²) < 4.78 is 16.3. The van der Waals surface area contributed by atoms with Gasteiger partial charge in [0.05, 0.1) is 5.02 Å². The molecule has 0 aliphatic heterocycles. The molecule has 0 bridgehead atoms. The molecule has 0 atom stereocenters. The average Bonchev–Trinajstić information content (AvgIpc) is 2.09. The summed E-state index contributed by atoms with van der Waals surface area (Å²) in [5.41, 5.74) is 0. The highest BCUT2D eigenvalue weighted by atomic mass is 35.5. The van der Waals surface area contributed by atoms with Gasteiger partial charge in [0.25, 0.3) is 0 Å². The minimum atomic E-state index is -1.18. The van der Waals surface area contributed by atoms with Crippen molar-refractivity contribution in [3.8, 4) is 5.75 Å². The van der Waals surface area contributed by atoms with Gasteiger partial charge in [-0.3, -0.25) is 0 Å². The minimum Gasteiger partial charge on any atom is -0.423 e. The zero-order valence-corrected chi connectivity index (χ0v) is 7.90. The lowest BCUT2D eigenvalue weighted by atomic mass is 10.3. The van der Waals surface area contributed by atoms with Crippen LogP contribution >= 0.6 is 23.2 Å². The second-order valence-electron chi connectivity index (χ2n) is 2.18. The van der Waals surface area contributed by atoms with Crippen LogP contribution < -0.4 is 4.74 Å². The van der Waals surface area contributed by atoms with Gasteiger partial charge in [-0.2, -0.15) is 0 Å². The Morgan fingerprint density at radius 3 is 2.69 bits per heavy atom. The third-order valence-electron chi connectivity index (χ3n) is 1.23.